The molecule has 0 unspecified atom stereocenters. The fourth-order valence-corrected chi connectivity index (χ4v) is 2.83. The van der Waals surface area contributed by atoms with Crippen molar-refractivity contribution in [2.75, 3.05) is 0 Å². The fraction of sp³-hybridized carbons (Fsp3) is 0.250. The number of carbonyl (C=O) groups excluding carboxylic acids is 1. The molecule has 124 valence electrons. The van der Waals surface area contributed by atoms with E-state index >= 15 is 0 Å². The van der Waals surface area contributed by atoms with Crippen LogP contribution in [0.25, 0.3) is 0 Å². The van der Waals surface area contributed by atoms with E-state index in [0.29, 0.717) is 22.8 Å². The molecule has 8 heteroatoms. The van der Waals surface area contributed by atoms with Gasteiger partial charge in [-0.1, -0.05) is 23.4 Å². The lowest BCUT2D eigenvalue weighted by Crippen LogP contribution is -2.10. The summed E-state index contributed by atoms with van der Waals surface area (Å²) in [5.41, 5.74) is 0.705. The normalized spacial score (nSPS) is 12.1. The number of nitrogens with zero attached hydrogens (tertiary/aromatic N) is 3. The molecule has 0 spiro atoms. The summed E-state index contributed by atoms with van der Waals surface area (Å²) < 4.78 is 23.9. The summed E-state index contributed by atoms with van der Waals surface area (Å²) in [5.74, 6) is -0.192. The maximum atomic E-state index is 13.7. The van der Waals surface area contributed by atoms with Crippen LogP contribution in [0.2, 0.25) is 0 Å². The first-order valence-corrected chi connectivity index (χ1v) is 8.10. The number of thiazole rings is 1. The number of rotatable bonds is 5. The molecule has 0 saturated heterocycles. The molecule has 0 radical (unpaired) electrons. The van der Waals surface area contributed by atoms with Crippen LogP contribution in [0.4, 0.5) is 4.39 Å². The molecule has 2 heterocycles. The molecule has 3 aromatic rings. The molecule has 3 rings (SSSR count). The minimum absolute atomic E-state index is 0.175. The first-order chi connectivity index (χ1) is 11.5. The molecule has 0 fully saturated rings. The maximum absolute atomic E-state index is 13.7. The van der Waals surface area contributed by atoms with Gasteiger partial charge in [0.05, 0.1) is 5.01 Å². The summed E-state index contributed by atoms with van der Waals surface area (Å²) in [5, 5.41) is 5.87. The highest BCUT2D eigenvalue weighted by Crippen LogP contribution is 2.20. The van der Waals surface area contributed by atoms with Crippen LogP contribution in [0, 0.1) is 12.7 Å². The standard InChI is InChI=1S/C16H14FN3O3S/c1-9(15-18-10(2)20-23-15)22-16(21)13-8-24-14(19-13)7-11-5-3-4-6-12(11)17/h3-6,8-9H,7H2,1-2H3/t9-/m0/s1. The summed E-state index contributed by atoms with van der Waals surface area (Å²) in [6.45, 7) is 3.31. The Morgan fingerprint density at radius 3 is 2.88 bits per heavy atom. The molecule has 1 aromatic carbocycles. The average Bonchev–Trinajstić information content (AvgIpc) is 3.19. The van der Waals surface area contributed by atoms with E-state index in [1.807, 2.05) is 0 Å². The predicted molar refractivity (Wildman–Crippen MR) is 84.2 cm³/mol. The Morgan fingerprint density at radius 1 is 1.38 bits per heavy atom. The van der Waals surface area contributed by atoms with Gasteiger partial charge in [-0.25, -0.2) is 14.2 Å². The third-order valence-electron chi connectivity index (χ3n) is 3.24. The summed E-state index contributed by atoms with van der Waals surface area (Å²) in [4.78, 5) is 20.3. The monoisotopic (exact) mass is 347 g/mol. The molecule has 0 amide bonds. The zero-order valence-electron chi connectivity index (χ0n) is 13.0. The van der Waals surface area contributed by atoms with Gasteiger partial charge in [0.1, 0.15) is 5.82 Å². The van der Waals surface area contributed by atoms with Gasteiger partial charge in [0.15, 0.2) is 17.6 Å². The highest BCUT2D eigenvalue weighted by Gasteiger charge is 2.21. The van der Waals surface area contributed by atoms with Gasteiger partial charge in [0.25, 0.3) is 5.89 Å². The van der Waals surface area contributed by atoms with Crippen LogP contribution in [0.15, 0.2) is 34.2 Å². The number of hydrogen-bond acceptors (Lipinski definition) is 7. The van der Waals surface area contributed by atoms with E-state index in [9.17, 15) is 9.18 Å². The highest BCUT2D eigenvalue weighted by atomic mass is 32.1. The molecule has 0 saturated carbocycles. The van der Waals surface area contributed by atoms with Crippen molar-refractivity contribution >= 4 is 17.3 Å². The molecule has 1 atom stereocenters. The van der Waals surface area contributed by atoms with E-state index in [-0.39, 0.29) is 17.4 Å². The molecule has 0 aliphatic heterocycles. The van der Waals surface area contributed by atoms with Crippen LogP contribution in [0.3, 0.4) is 0 Å². The minimum atomic E-state index is -0.671. The lowest BCUT2D eigenvalue weighted by atomic mass is 10.1. The SMILES string of the molecule is Cc1noc([C@H](C)OC(=O)c2csc(Cc3ccccc3F)n2)n1. The molecule has 6 nitrogen and oxygen atoms in total. The van der Waals surface area contributed by atoms with Gasteiger partial charge in [-0.2, -0.15) is 4.98 Å². The second-order valence-corrected chi connectivity index (χ2v) is 6.06. The van der Waals surface area contributed by atoms with Crippen LogP contribution in [-0.4, -0.2) is 21.1 Å². The summed E-state index contributed by atoms with van der Waals surface area (Å²) in [6.07, 6.45) is -0.348. The number of halogens is 1. The van der Waals surface area contributed by atoms with E-state index in [0.717, 1.165) is 0 Å². The minimum Gasteiger partial charge on any atom is -0.448 e. The van der Waals surface area contributed by atoms with Crippen LogP contribution >= 0.6 is 11.3 Å². The molecular formula is C16H14FN3O3S. The molecule has 2 aromatic heterocycles. The van der Waals surface area contributed by atoms with E-state index in [1.165, 1.54) is 17.4 Å². The molecule has 0 bridgehead atoms. The quantitative estimate of drug-likeness (QED) is 0.658. The van der Waals surface area contributed by atoms with Gasteiger partial charge in [0.2, 0.25) is 0 Å². The van der Waals surface area contributed by atoms with Gasteiger partial charge >= 0.3 is 5.97 Å². The number of hydrogen-bond donors (Lipinski definition) is 0. The zero-order valence-corrected chi connectivity index (χ0v) is 13.8. The average molecular weight is 347 g/mol. The highest BCUT2D eigenvalue weighted by molar-refractivity contribution is 7.09. The van der Waals surface area contributed by atoms with E-state index in [1.54, 1.807) is 37.4 Å². The predicted octanol–water partition coefficient (Wildman–Crippen LogP) is 3.48. The van der Waals surface area contributed by atoms with Crippen LogP contribution in [0.5, 0.6) is 0 Å². The van der Waals surface area contributed by atoms with E-state index in [2.05, 4.69) is 15.1 Å². The van der Waals surface area contributed by atoms with Crippen molar-refractivity contribution in [1.29, 1.82) is 0 Å². The number of carbonyl (C=O) groups is 1. The van der Waals surface area contributed by atoms with Crippen molar-refractivity contribution in [2.45, 2.75) is 26.4 Å². The Labute approximate surface area is 141 Å². The Hall–Kier alpha value is -2.61. The molecule has 0 N–H and O–H groups in total. The zero-order chi connectivity index (χ0) is 17.1. The van der Waals surface area contributed by atoms with Crippen molar-refractivity contribution < 1.29 is 18.4 Å². The maximum Gasteiger partial charge on any atom is 0.358 e. The molecule has 24 heavy (non-hydrogen) atoms. The molecular weight excluding hydrogens is 333 g/mol. The van der Waals surface area contributed by atoms with Crippen molar-refractivity contribution in [1.82, 2.24) is 15.1 Å². The Morgan fingerprint density at radius 2 is 2.17 bits per heavy atom. The largest absolute Gasteiger partial charge is 0.448 e. The summed E-state index contributed by atoms with van der Waals surface area (Å²) in [6, 6.07) is 6.47. The third kappa shape index (κ3) is 3.65. The molecule has 0 aliphatic rings. The van der Waals surface area contributed by atoms with Gasteiger partial charge in [-0.15, -0.1) is 11.3 Å². The van der Waals surface area contributed by atoms with Gasteiger partial charge in [0, 0.05) is 11.8 Å². The lowest BCUT2D eigenvalue weighted by Gasteiger charge is -2.07. The number of aryl methyl sites for hydroxylation is 1. The van der Waals surface area contributed by atoms with Crippen molar-refractivity contribution in [3.8, 4) is 0 Å². The Bertz CT molecular complexity index is 862. The van der Waals surface area contributed by atoms with Crippen molar-refractivity contribution in [3.05, 3.63) is 63.4 Å². The Balaban J connectivity index is 1.66. The second-order valence-electron chi connectivity index (χ2n) is 5.12. The fourth-order valence-electron chi connectivity index (χ4n) is 2.04. The molecule has 0 aliphatic carbocycles. The third-order valence-corrected chi connectivity index (χ3v) is 4.08. The number of aromatic nitrogens is 3. The van der Waals surface area contributed by atoms with Gasteiger partial charge < -0.3 is 9.26 Å². The lowest BCUT2D eigenvalue weighted by molar-refractivity contribution is 0.0259. The summed E-state index contributed by atoms with van der Waals surface area (Å²) in [7, 11) is 0. The van der Waals surface area contributed by atoms with Crippen molar-refractivity contribution in [3.63, 3.8) is 0 Å². The van der Waals surface area contributed by atoms with Gasteiger partial charge in [-0.05, 0) is 25.5 Å². The van der Waals surface area contributed by atoms with Crippen LogP contribution < -0.4 is 0 Å². The Kier molecular flexibility index (Phi) is 4.66. The first kappa shape index (κ1) is 16.3. The van der Waals surface area contributed by atoms with E-state index in [4.69, 9.17) is 9.26 Å². The first-order valence-electron chi connectivity index (χ1n) is 7.22. The topological polar surface area (TPSA) is 78.1 Å². The van der Waals surface area contributed by atoms with Crippen LogP contribution in [0.1, 0.15) is 45.8 Å². The summed E-state index contributed by atoms with van der Waals surface area (Å²) >= 11 is 1.28. The number of esters is 1. The van der Waals surface area contributed by atoms with Crippen molar-refractivity contribution in [2.24, 2.45) is 0 Å². The van der Waals surface area contributed by atoms with Crippen LogP contribution in [-0.2, 0) is 11.2 Å². The second kappa shape index (κ2) is 6.88. The number of benzene rings is 1. The number of ether oxygens (including phenoxy) is 1. The smallest absolute Gasteiger partial charge is 0.358 e. The van der Waals surface area contributed by atoms with Gasteiger partial charge in [-0.3, -0.25) is 0 Å². The van der Waals surface area contributed by atoms with E-state index < -0.39 is 12.1 Å².